The van der Waals surface area contributed by atoms with Crippen molar-refractivity contribution in [3.05, 3.63) is 10.5 Å². The largest absolute Gasteiger partial charge is 0.316 e. The summed E-state index contributed by atoms with van der Waals surface area (Å²) in [4.78, 5) is 1.57. The number of hydrogen-bond donors (Lipinski definition) is 1. The minimum atomic E-state index is 0.241. The Morgan fingerprint density at radius 3 is 3.23 bits per heavy atom. The number of thioether (sulfide) groups is 1. The topological polar surface area (TPSA) is 35.8 Å². The van der Waals surface area contributed by atoms with Crippen LogP contribution in [0.1, 0.15) is 6.42 Å². The first-order valence-corrected chi connectivity index (χ1v) is 5.85. The van der Waals surface area contributed by atoms with Crippen molar-refractivity contribution in [3.63, 3.8) is 0 Å². The fourth-order valence-electron chi connectivity index (χ4n) is 2.78. The van der Waals surface area contributed by atoms with Crippen LogP contribution in [0.2, 0.25) is 0 Å². The van der Waals surface area contributed by atoms with Gasteiger partial charge in [0.2, 0.25) is 0 Å². The molecular formula is C10H12N2S. The van der Waals surface area contributed by atoms with Crippen molar-refractivity contribution < 1.29 is 0 Å². The Morgan fingerprint density at radius 1 is 1.46 bits per heavy atom. The predicted molar refractivity (Wildman–Crippen MR) is 53.1 cm³/mol. The molecule has 0 aromatic rings. The summed E-state index contributed by atoms with van der Waals surface area (Å²) in [6.07, 6.45) is 1.19. The number of nitriles is 1. The summed E-state index contributed by atoms with van der Waals surface area (Å²) < 4.78 is 0. The lowest BCUT2D eigenvalue weighted by Crippen LogP contribution is -2.10. The number of nitrogens with zero attached hydrogens (tertiary/aromatic N) is 1. The van der Waals surface area contributed by atoms with Crippen molar-refractivity contribution >= 4 is 11.8 Å². The first-order valence-electron chi connectivity index (χ1n) is 4.86. The molecule has 0 aromatic carbocycles. The maximum atomic E-state index is 8.96. The fraction of sp³-hybridized carbons (Fsp3) is 0.700. The van der Waals surface area contributed by atoms with E-state index in [0.717, 1.165) is 30.7 Å². The van der Waals surface area contributed by atoms with Gasteiger partial charge in [0.25, 0.3) is 0 Å². The first kappa shape index (κ1) is 7.90. The second kappa shape index (κ2) is 2.76. The molecule has 3 heteroatoms. The third-order valence-electron chi connectivity index (χ3n) is 3.46. The van der Waals surface area contributed by atoms with Crippen molar-refractivity contribution in [2.45, 2.75) is 6.42 Å². The molecular weight excluding hydrogens is 180 g/mol. The first-order chi connectivity index (χ1) is 6.40. The Bertz CT molecular complexity index is 315. The van der Waals surface area contributed by atoms with E-state index in [-0.39, 0.29) is 5.92 Å². The molecule has 2 heterocycles. The fourth-order valence-corrected chi connectivity index (χ4v) is 4.30. The molecule has 0 bridgehead atoms. The van der Waals surface area contributed by atoms with Crippen LogP contribution >= 0.6 is 11.8 Å². The second-order valence-electron chi connectivity index (χ2n) is 4.11. The summed E-state index contributed by atoms with van der Waals surface area (Å²) >= 11 is 1.94. The highest BCUT2D eigenvalue weighted by atomic mass is 32.2. The average molecular weight is 192 g/mol. The van der Waals surface area contributed by atoms with Crippen LogP contribution in [0.4, 0.5) is 0 Å². The lowest BCUT2D eigenvalue weighted by Gasteiger charge is -2.11. The zero-order valence-corrected chi connectivity index (χ0v) is 8.23. The van der Waals surface area contributed by atoms with Gasteiger partial charge < -0.3 is 5.32 Å². The quantitative estimate of drug-likeness (QED) is 0.629. The highest BCUT2D eigenvalue weighted by molar-refractivity contribution is 8.03. The third-order valence-corrected chi connectivity index (χ3v) is 4.83. The molecule has 0 aromatic heterocycles. The maximum absolute atomic E-state index is 8.96. The van der Waals surface area contributed by atoms with Crippen LogP contribution < -0.4 is 5.32 Å². The number of hydrogen-bond acceptors (Lipinski definition) is 3. The van der Waals surface area contributed by atoms with Crippen molar-refractivity contribution in [2.75, 3.05) is 18.8 Å². The molecule has 1 saturated heterocycles. The Hall–Kier alpha value is -0.460. The minimum Gasteiger partial charge on any atom is -0.316 e. The van der Waals surface area contributed by atoms with Crippen molar-refractivity contribution in [1.29, 1.82) is 5.26 Å². The molecule has 68 valence electrons. The summed E-state index contributed by atoms with van der Waals surface area (Å²) in [5.41, 5.74) is 1.49. The van der Waals surface area contributed by atoms with E-state index in [1.165, 1.54) is 12.0 Å². The summed E-state index contributed by atoms with van der Waals surface area (Å²) in [5, 5.41) is 12.4. The van der Waals surface area contributed by atoms with Crippen LogP contribution in [0.3, 0.4) is 0 Å². The molecule has 3 aliphatic rings. The molecule has 0 spiro atoms. The predicted octanol–water partition coefficient (Wildman–Crippen LogP) is 1.37. The van der Waals surface area contributed by atoms with Gasteiger partial charge in [-0.2, -0.15) is 5.26 Å². The van der Waals surface area contributed by atoms with Crippen LogP contribution in [-0.4, -0.2) is 18.8 Å². The molecule has 2 aliphatic heterocycles. The van der Waals surface area contributed by atoms with Gasteiger partial charge >= 0.3 is 0 Å². The molecule has 0 amide bonds. The molecule has 2 nitrogen and oxygen atoms in total. The van der Waals surface area contributed by atoms with E-state index >= 15 is 0 Å². The highest BCUT2D eigenvalue weighted by Crippen LogP contribution is 2.52. The van der Waals surface area contributed by atoms with E-state index < -0.39 is 0 Å². The number of fused-ring (bicyclic) bond motifs is 2. The van der Waals surface area contributed by atoms with Gasteiger partial charge in [-0.15, -0.1) is 11.8 Å². The molecule has 1 aliphatic carbocycles. The lowest BCUT2D eigenvalue weighted by atomic mass is 9.97. The van der Waals surface area contributed by atoms with Crippen molar-refractivity contribution in [3.8, 4) is 6.07 Å². The van der Waals surface area contributed by atoms with Gasteiger partial charge in [0, 0.05) is 18.2 Å². The highest BCUT2D eigenvalue weighted by Gasteiger charge is 2.43. The smallest absolute Gasteiger partial charge is 0.0777 e. The molecule has 3 rings (SSSR count). The van der Waals surface area contributed by atoms with Crippen LogP contribution in [0.25, 0.3) is 0 Å². The molecule has 0 radical (unpaired) electrons. The summed E-state index contributed by atoms with van der Waals surface area (Å²) in [6.45, 7) is 2.31. The number of allylic oxidation sites excluding steroid dienone is 1. The monoisotopic (exact) mass is 192 g/mol. The van der Waals surface area contributed by atoms with E-state index in [1.807, 2.05) is 11.8 Å². The maximum Gasteiger partial charge on any atom is 0.0777 e. The third kappa shape index (κ3) is 0.992. The van der Waals surface area contributed by atoms with Crippen LogP contribution in [-0.2, 0) is 0 Å². The van der Waals surface area contributed by atoms with E-state index in [1.54, 1.807) is 4.91 Å². The van der Waals surface area contributed by atoms with Gasteiger partial charge in [-0.25, -0.2) is 0 Å². The second-order valence-corrected chi connectivity index (χ2v) is 5.17. The normalized spacial score (nSPS) is 41.9. The van der Waals surface area contributed by atoms with Gasteiger partial charge in [-0.05, 0) is 29.4 Å². The van der Waals surface area contributed by atoms with Gasteiger partial charge in [0.05, 0.1) is 12.0 Å². The molecule has 3 atom stereocenters. The zero-order valence-electron chi connectivity index (χ0n) is 7.42. The van der Waals surface area contributed by atoms with Crippen molar-refractivity contribution in [2.24, 2.45) is 17.8 Å². The molecule has 1 fully saturated rings. The Kier molecular flexibility index (Phi) is 1.68. The Labute approximate surface area is 82.4 Å². The average Bonchev–Trinajstić information content (AvgIpc) is 2.72. The molecule has 3 unspecified atom stereocenters. The summed E-state index contributed by atoms with van der Waals surface area (Å²) in [5.74, 6) is 2.84. The van der Waals surface area contributed by atoms with Crippen molar-refractivity contribution in [1.82, 2.24) is 5.32 Å². The van der Waals surface area contributed by atoms with Gasteiger partial charge in [0.1, 0.15) is 0 Å². The lowest BCUT2D eigenvalue weighted by molar-refractivity contribution is 0.517. The number of rotatable bonds is 0. The SMILES string of the molecule is N#CC1CSC2=C1CC1CNCC21. The van der Waals surface area contributed by atoms with E-state index in [0.29, 0.717) is 0 Å². The van der Waals surface area contributed by atoms with E-state index in [4.69, 9.17) is 5.26 Å². The zero-order chi connectivity index (χ0) is 8.84. The van der Waals surface area contributed by atoms with Crippen LogP contribution in [0.5, 0.6) is 0 Å². The van der Waals surface area contributed by atoms with Gasteiger partial charge in [-0.3, -0.25) is 0 Å². The van der Waals surface area contributed by atoms with Gasteiger partial charge in [0.15, 0.2) is 0 Å². The minimum absolute atomic E-state index is 0.241. The van der Waals surface area contributed by atoms with E-state index in [9.17, 15) is 0 Å². The Balaban J connectivity index is 1.93. The Morgan fingerprint density at radius 2 is 2.38 bits per heavy atom. The number of nitrogens with one attached hydrogen (secondary N) is 1. The molecule has 13 heavy (non-hydrogen) atoms. The standard InChI is InChI=1S/C10H12N2S/c11-2-7-5-13-10-8(7)1-6-3-12-4-9(6)10/h6-7,9,12H,1,3-5H2. The summed E-state index contributed by atoms with van der Waals surface area (Å²) in [6, 6.07) is 2.43. The molecule has 0 saturated carbocycles. The summed E-state index contributed by atoms with van der Waals surface area (Å²) in [7, 11) is 0. The van der Waals surface area contributed by atoms with Crippen LogP contribution in [0, 0.1) is 29.1 Å². The van der Waals surface area contributed by atoms with Gasteiger partial charge in [-0.1, -0.05) is 0 Å². The molecule has 1 N–H and O–H groups in total. The van der Waals surface area contributed by atoms with Crippen LogP contribution in [0.15, 0.2) is 10.5 Å². The van der Waals surface area contributed by atoms with E-state index in [2.05, 4.69) is 11.4 Å².